The lowest BCUT2D eigenvalue weighted by Crippen LogP contribution is -2.38. The molecule has 0 aliphatic heterocycles. The molecule has 0 aromatic rings. The predicted molar refractivity (Wildman–Crippen MR) is 65.7 cm³/mol. The van der Waals surface area contributed by atoms with Crippen LogP contribution in [0.25, 0.3) is 0 Å². The predicted octanol–water partition coefficient (Wildman–Crippen LogP) is 4.48. The van der Waals surface area contributed by atoms with Crippen molar-refractivity contribution >= 4 is 15.9 Å². The van der Waals surface area contributed by atoms with Crippen molar-refractivity contribution in [1.82, 2.24) is 0 Å². The number of halogens is 1. The van der Waals surface area contributed by atoms with Crippen molar-refractivity contribution in [3.63, 3.8) is 0 Å². The Morgan fingerprint density at radius 2 is 2.00 bits per heavy atom. The van der Waals surface area contributed by atoms with E-state index in [1.165, 1.54) is 31.0 Å². The van der Waals surface area contributed by atoms with Crippen molar-refractivity contribution in [3.05, 3.63) is 0 Å². The molecule has 0 aromatic carbocycles. The summed E-state index contributed by atoms with van der Waals surface area (Å²) in [5, 5.41) is 1.24. The molecule has 0 aromatic heterocycles. The highest BCUT2D eigenvalue weighted by Crippen LogP contribution is 2.61. The monoisotopic (exact) mass is 258 g/mol. The van der Waals surface area contributed by atoms with Crippen molar-refractivity contribution in [2.24, 2.45) is 29.1 Å². The molecule has 0 N–H and O–H groups in total. The first-order valence-corrected chi connectivity index (χ1v) is 7.28. The molecule has 2 rings (SSSR count). The summed E-state index contributed by atoms with van der Waals surface area (Å²) in [7, 11) is 0. The van der Waals surface area contributed by atoms with Crippen LogP contribution in [-0.2, 0) is 0 Å². The van der Waals surface area contributed by atoms with Gasteiger partial charge < -0.3 is 0 Å². The van der Waals surface area contributed by atoms with Gasteiger partial charge in [0.15, 0.2) is 0 Å². The lowest BCUT2D eigenvalue weighted by Gasteiger charge is -2.43. The van der Waals surface area contributed by atoms with Crippen LogP contribution in [0.3, 0.4) is 0 Å². The maximum Gasteiger partial charge on any atom is 0.00933 e. The van der Waals surface area contributed by atoms with E-state index in [2.05, 4.69) is 36.7 Å². The molecule has 1 heteroatoms. The SMILES string of the molecule is CC(C)C(C)C1(CBr)CC2CCC1C2. The zero-order valence-electron chi connectivity index (χ0n) is 9.72. The Morgan fingerprint density at radius 1 is 1.29 bits per heavy atom. The van der Waals surface area contributed by atoms with E-state index in [0.717, 1.165) is 23.7 Å². The highest BCUT2D eigenvalue weighted by Gasteiger charge is 2.53. The maximum absolute atomic E-state index is 3.80. The van der Waals surface area contributed by atoms with Crippen LogP contribution in [0.15, 0.2) is 0 Å². The van der Waals surface area contributed by atoms with Gasteiger partial charge in [0.05, 0.1) is 0 Å². The van der Waals surface area contributed by atoms with E-state index in [0.29, 0.717) is 5.41 Å². The Bertz CT molecular complexity index is 211. The van der Waals surface area contributed by atoms with Gasteiger partial charge in [-0.15, -0.1) is 0 Å². The van der Waals surface area contributed by atoms with Crippen LogP contribution in [0.2, 0.25) is 0 Å². The molecule has 4 atom stereocenters. The first-order chi connectivity index (χ1) is 6.60. The zero-order valence-corrected chi connectivity index (χ0v) is 11.3. The van der Waals surface area contributed by atoms with Crippen molar-refractivity contribution in [1.29, 1.82) is 0 Å². The van der Waals surface area contributed by atoms with Gasteiger partial charge in [-0.05, 0) is 48.3 Å². The van der Waals surface area contributed by atoms with Gasteiger partial charge in [0.2, 0.25) is 0 Å². The largest absolute Gasteiger partial charge is 0.0922 e. The van der Waals surface area contributed by atoms with Gasteiger partial charge in [0, 0.05) is 5.33 Å². The summed E-state index contributed by atoms with van der Waals surface area (Å²) < 4.78 is 0. The van der Waals surface area contributed by atoms with Gasteiger partial charge in [-0.25, -0.2) is 0 Å². The lowest BCUT2D eigenvalue weighted by molar-refractivity contribution is 0.0834. The second-order valence-electron chi connectivity index (χ2n) is 5.98. The van der Waals surface area contributed by atoms with Crippen LogP contribution in [0.1, 0.15) is 46.5 Å². The quantitative estimate of drug-likeness (QED) is 0.655. The summed E-state index contributed by atoms with van der Waals surface area (Å²) in [4.78, 5) is 0. The summed E-state index contributed by atoms with van der Waals surface area (Å²) in [6.45, 7) is 7.26. The van der Waals surface area contributed by atoms with E-state index in [-0.39, 0.29) is 0 Å². The van der Waals surface area contributed by atoms with Gasteiger partial charge in [0.25, 0.3) is 0 Å². The van der Waals surface area contributed by atoms with Crippen molar-refractivity contribution in [2.45, 2.75) is 46.5 Å². The topological polar surface area (TPSA) is 0 Å². The van der Waals surface area contributed by atoms with Gasteiger partial charge >= 0.3 is 0 Å². The summed E-state index contributed by atoms with van der Waals surface area (Å²) in [6, 6.07) is 0. The third-order valence-corrected chi connectivity index (χ3v) is 6.22. The molecule has 2 bridgehead atoms. The van der Waals surface area contributed by atoms with Crippen LogP contribution >= 0.6 is 15.9 Å². The van der Waals surface area contributed by atoms with Gasteiger partial charge in [0.1, 0.15) is 0 Å². The molecule has 4 unspecified atom stereocenters. The fourth-order valence-electron chi connectivity index (χ4n) is 3.99. The lowest BCUT2D eigenvalue weighted by atomic mass is 9.63. The molecule has 2 aliphatic rings. The second-order valence-corrected chi connectivity index (χ2v) is 6.54. The Balaban J connectivity index is 2.18. The Hall–Kier alpha value is 0.480. The van der Waals surface area contributed by atoms with Crippen LogP contribution in [-0.4, -0.2) is 5.33 Å². The van der Waals surface area contributed by atoms with Crippen LogP contribution < -0.4 is 0 Å². The molecule has 2 aliphatic carbocycles. The number of fused-ring (bicyclic) bond motifs is 2. The molecule has 82 valence electrons. The average Bonchev–Trinajstić information content (AvgIpc) is 2.75. The van der Waals surface area contributed by atoms with Gasteiger partial charge in [-0.2, -0.15) is 0 Å². The molecular formula is C13H23Br. The van der Waals surface area contributed by atoms with E-state index >= 15 is 0 Å². The van der Waals surface area contributed by atoms with Crippen LogP contribution in [0.4, 0.5) is 0 Å². The summed E-state index contributed by atoms with van der Waals surface area (Å²) >= 11 is 3.80. The molecule has 0 heterocycles. The molecule has 0 saturated heterocycles. The summed E-state index contributed by atoms with van der Waals surface area (Å²) in [5.41, 5.74) is 0.650. The summed E-state index contributed by atoms with van der Waals surface area (Å²) in [5.74, 6) is 3.83. The number of hydrogen-bond donors (Lipinski definition) is 0. The third kappa shape index (κ3) is 1.47. The van der Waals surface area contributed by atoms with Gasteiger partial charge in [-0.3, -0.25) is 0 Å². The highest BCUT2D eigenvalue weighted by atomic mass is 79.9. The van der Waals surface area contributed by atoms with Gasteiger partial charge in [-0.1, -0.05) is 43.1 Å². The molecule has 0 radical (unpaired) electrons. The van der Waals surface area contributed by atoms with E-state index < -0.39 is 0 Å². The minimum atomic E-state index is 0.650. The third-order valence-electron chi connectivity index (χ3n) is 5.18. The molecule has 2 saturated carbocycles. The van der Waals surface area contributed by atoms with Crippen molar-refractivity contribution in [2.75, 3.05) is 5.33 Å². The number of hydrogen-bond acceptors (Lipinski definition) is 0. The van der Waals surface area contributed by atoms with Crippen LogP contribution in [0, 0.1) is 29.1 Å². The highest BCUT2D eigenvalue weighted by molar-refractivity contribution is 9.09. The normalized spacial score (nSPS) is 43.5. The molecule has 0 nitrogen and oxygen atoms in total. The van der Waals surface area contributed by atoms with Crippen molar-refractivity contribution in [3.8, 4) is 0 Å². The fraction of sp³-hybridized carbons (Fsp3) is 1.00. The molecular weight excluding hydrogens is 236 g/mol. The number of rotatable bonds is 3. The van der Waals surface area contributed by atoms with E-state index in [9.17, 15) is 0 Å². The first-order valence-electron chi connectivity index (χ1n) is 6.16. The standard InChI is InChI=1S/C13H23Br/c1-9(2)10(3)13(8-14)7-11-4-5-12(13)6-11/h9-12H,4-8H2,1-3H3. The van der Waals surface area contributed by atoms with E-state index in [4.69, 9.17) is 0 Å². The number of alkyl halides is 1. The fourth-order valence-corrected chi connectivity index (χ4v) is 5.19. The zero-order chi connectivity index (χ0) is 10.3. The van der Waals surface area contributed by atoms with Crippen molar-refractivity contribution < 1.29 is 0 Å². The van der Waals surface area contributed by atoms with E-state index in [1.807, 2.05) is 0 Å². The minimum Gasteiger partial charge on any atom is -0.0922 e. The average molecular weight is 259 g/mol. The molecule has 0 amide bonds. The second kappa shape index (κ2) is 3.81. The Kier molecular flexibility index (Phi) is 2.99. The first kappa shape index (κ1) is 11.0. The minimum absolute atomic E-state index is 0.650. The van der Waals surface area contributed by atoms with E-state index in [1.54, 1.807) is 0 Å². The smallest absolute Gasteiger partial charge is 0.00933 e. The maximum atomic E-state index is 3.80. The Labute approximate surface area is 97.0 Å². The molecule has 2 fully saturated rings. The Morgan fingerprint density at radius 3 is 2.36 bits per heavy atom. The van der Waals surface area contributed by atoms with Crippen LogP contribution in [0.5, 0.6) is 0 Å². The molecule has 0 spiro atoms. The molecule has 14 heavy (non-hydrogen) atoms. The summed E-state index contributed by atoms with van der Waals surface area (Å²) in [6.07, 6.45) is 6.06.